The minimum Gasteiger partial charge on any atom is -0.341 e. The van der Waals surface area contributed by atoms with E-state index >= 15 is 0 Å². The maximum atomic E-state index is 11.9. The fourth-order valence-corrected chi connectivity index (χ4v) is 1.60. The molecule has 2 N–H and O–H groups in total. The van der Waals surface area contributed by atoms with E-state index in [1.54, 1.807) is 6.92 Å². The van der Waals surface area contributed by atoms with E-state index in [-0.39, 0.29) is 15.9 Å². The van der Waals surface area contributed by atoms with E-state index in [0.717, 1.165) is 0 Å². The van der Waals surface area contributed by atoms with Crippen molar-refractivity contribution in [3.8, 4) is 0 Å². The van der Waals surface area contributed by atoms with E-state index in [2.05, 4.69) is 30.9 Å². The number of H-pyrrole nitrogens is 1. The van der Waals surface area contributed by atoms with Gasteiger partial charge in [-0.25, -0.2) is 4.98 Å². The third-order valence-electron chi connectivity index (χ3n) is 2.12. The van der Waals surface area contributed by atoms with Gasteiger partial charge in [0, 0.05) is 0 Å². The lowest BCUT2D eigenvalue weighted by molar-refractivity contribution is 0.0933. The Labute approximate surface area is 112 Å². The molecule has 1 unspecified atom stereocenters. The molecule has 0 aliphatic rings. The molecule has 0 radical (unpaired) electrons. The minimum atomic E-state index is -0.459. The van der Waals surface area contributed by atoms with Crippen LogP contribution in [0.5, 0.6) is 0 Å². The highest BCUT2D eigenvalue weighted by atomic mass is 35.5. The maximum absolute atomic E-state index is 11.9. The summed E-state index contributed by atoms with van der Waals surface area (Å²) >= 11 is 11.6. The number of carbonyl (C=O) groups is 1. The molecule has 0 aliphatic heterocycles. The minimum absolute atomic E-state index is 0.0551. The molecule has 1 amide bonds. The van der Waals surface area contributed by atoms with Crippen LogP contribution in [0.4, 0.5) is 0 Å². The Kier molecular flexibility index (Phi) is 3.73. The molecule has 2 aromatic heterocycles. The van der Waals surface area contributed by atoms with Crippen LogP contribution in [-0.2, 0) is 0 Å². The average molecular weight is 287 g/mol. The second-order valence-corrected chi connectivity index (χ2v) is 4.22. The third-order valence-corrected chi connectivity index (χ3v) is 2.64. The SMILES string of the molecule is CC(NC(=O)c1nc(Cl)ccc1Cl)c1nn[nH]n1. The second-order valence-electron chi connectivity index (χ2n) is 3.43. The van der Waals surface area contributed by atoms with Crippen molar-refractivity contribution in [2.45, 2.75) is 13.0 Å². The van der Waals surface area contributed by atoms with Crippen LogP contribution in [0, 0.1) is 0 Å². The molecule has 94 valence electrons. The highest BCUT2D eigenvalue weighted by Crippen LogP contribution is 2.17. The van der Waals surface area contributed by atoms with Crippen LogP contribution in [0.2, 0.25) is 10.2 Å². The van der Waals surface area contributed by atoms with Gasteiger partial charge >= 0.3 is 0 Å². The monoisotopic (exact) mass is 286 g/mol. The number of carbonyl (C=O) groups excluding carboxylic acids is 1. The van der Waals surface area contributed by atoms with Crippen LogP contribution < -0.4 is 5.32 Å². The van der Waals surface area contributed by atoms with Crippen LogP contribution in [0.15, 0.2) is 12.1 Å². The molecule has 2 aromatic rings. The first-order valence-corrected chi connectivity index (χ1v) is 5.70. The smallest absolute Gasteiger partial charge is 0.272 e. The molecular formula is C9H8Cl2N6O. The lowest BCUT2D eigenvalue weighted by Crippen LogP contribution is -2.28. The van der Waals surface area contributed by atoms with Gasteiger partial charge < -0.3 is 5.32 Å². The van der Waals surface area contributed by atoms with Crippen molar-refractivity contribution < 1.29 is 4.79 Å². The number of nitrogens with one attached hydrogen (secondary N) is 2. The van der Waals surface area contributed by atoms with Crippen molar-refractivity contribution in [1.82, 2.24) is 30.9 Å². The van der Waals surface area contributed by atoms with E-state index in [4.69, 9.17) is 23.2 Å². The normalized spacial score (nSPS) is 12.2. The number of halogens is 2. The van der Waals surface area contributed by atoms with E-state index < -0.39 is 11.9 Å². The maximum Gasteiger partial charge on any atom is 0.272 e. The quantitative estimate of drug-likeness (QED) is 0.831. The van der Waals surface area contributed by atoms with Gasteiger partial charge in [-0.15, -0.1) is 10.2 Å². The zero-order chi connectivity index (χ0) is 13.1. The van der Waals surface area contributed by atoms with Crippen LogP contribution in [0.3, 0.4) is 0 Å². The molecule has 0 fully saturated rings. The van der Waals surface area contributed by atoms with Gasteiger partial charge in [0.15, 0.2) is 5.82 Å². The number of aromatic amines is 1. The number of tetrazole rings is 1. The van der Waals surface area contributed by atoms with Crippen molar-refractivity contribution in [2.24, 2.45) is 0 Å². The van der Waals surface area contributed by atoms with Crippen molar-refractivity contribution in [1.29, 1.82) is 0 Å². The van der Waals surface area contributed by atoms with Crippen molar-refractivity contribution in [3.05, 3.63) is 33.8 Å². The van der Waals surface area contributed by atoms with Crippen molar-refractivity contribution in [3.63, 3.8) is 0 Å². The molecule has 0 aromatic carbocycles. The van der Waals surface area contributed by atoms with Gasteiger partial charge in [0.05, 0.1) is 11.1 Å². The van der Waals surface area contributed by atoms with Gasteiger partial charge in [-0.05, 0) is 19.1 Å². The fourth-order valence-electron chi connectivity index (χ4n) is 1.26. The zero-order valence-corrected chi connectivity index (χ0v) is 10.7. The molecule has 18 heavy (non-hydrogen) atoms. The van der Waals surface area contributed by atoms with Gasteiger partial charge in [0.1, 0.15) is 10.8 Å². The Hall–Kier alpha value is -1.73. The number of hydrogen-bond donors (Lipinski definition) is 2. The Morgan fingerprint density at radius 2 is 2.22 bits per heavy atom. The zero-order valence-electron chi connectivity index (χ0n) is 9.19. The van der Waals surface area contributed by atoms with Crippen LogP contribution in [0.1, 0.15) is 29.3 Å². The van der Waals surface area contributed by atoms with Gasteiger partial charge in [-0.3, -0.25) is 4.79 Å². The molecular weight excluding hydrogens is 279 g/mol. The third kappa shape index (κ3) is 2.74. The Balaban J connectivity index is 2.15. The number of hydrogen-bond acceptors (Lipinski definition) is 5. The summed E-state index contributed by atoms with van der Waals surface area (Å²) in [6, 6.07) is 2.58. The molecule has 2 rings (SSSR count). The highest BCUT2D eigenvalue weighted by molar-refractivity contribution is 6.34. The Morgan fingerprint density at radius 3 is 2.89 bits per heavy atom. The van der Waals surface area contributed by atoms with E-state index in [1.165, 1.54) is 12.1 Å². The van der Waals surface area contributed by atoms with Crippen molar-refractivity contribution in [2.75, 3.05) is 0 Å². The summed E-state index contributed by atoms with van der Waals surface area (Å²) in [5.74, 6) is -0.0960. The number of aromatic nitrogens is 5. The average Bonchev–Trinajstić information content (AvgIpc) is 2.85. The van der Waals surface area contributed by atoms with Gasteiger partial charge in [0.2, 0.25) is 0 Å². The fraction of sp³-hybridized carbons (Fsp3) is 0.222. The Morgan fingerprint density at radius 1 is 1.44 bits per heavy atom. The largest absolute Gasteiger partial charge is 0.341 e. The number of nitrogens with zero attached hydrogens (tertiary/aromatic N) is 4. The lowest BCUT2D eigenvalue weighted by Gasteiger charge is -2.10. The predicted molar refractivity (Wildman–Crippen MR) is 64.3 cm³/mol. The molecule has 1 atom stereocenters. The topological polar surface area (TPSA) is 96.5 Å². The van der Waals surface area contributed by atoms with Gasteiger partial charge in [0.25, 0.3) is 5.91 Å². The van der Waals surface area contributed by atoms with Crippen LogP contribution in [0.25, 0.3) is 0 Å². The standard InChI is InChI=1S/C9H8Cl2N6O/c1-4(8-14-16-17-15-8)12-9(18)7-5(10)2-3-6(11)13-7/h2-4H,1H3,(H,12,18)(H,14,15,16,17). The lowest BCUT2D eigenvalue weighted by atomic mass is 10.3. The summed E-state index contributed by atoms with van der Waals surface area (Å²) in [6.07, 6.45) is 0. The molecule has 2 heterocycles. The number of amides is 1. The van der Waals surface area contributed by atoms with E-state index in [1.807, 2.05) is 0 Å². The summed E-state index contributed by atoms with van der Waals surface area (Å²) in [4.78, 5) is 15.8. The first-order chi connectivity index (χ1) is 8.58. The van der Waals surface area contributed by atoms with Crippen molar-refractivity contribution >= 4 is 29.1 Å². The summed E-state index contributed by atoms with van der Waals surface area (Å²) in [5.41, 5.74) is 0.0551. The first-order valence-electron chi connectivity index (χ1n) is 4.94. The molecule has 0 saturated heterocycles. The number of pyridine rings is 1. The predicted octanol–water partition coefficient (Wildman–Crippen LogP) is 1.39. The summed E-state index contributed by atoms with van der Waals surface area (Å²) < 4.78 is 0. The van der Waals surface area contributed by atoms with Crippen LogP contribution >= 0.6 is 23.2 Å². The first kappa shape index (κ1) is 12.7. The molecule has 0 saturated carbocycles. The molecule has 0 aliphatic carbocycles. The van der Waals surface area contributed by atoms with E-state index in [9.17, 15) is 4.79 Å². The van der Waals surface area contributed by atoms with E-state index in [0.29, 0.717) is 5.82 Å². The van der Waals surface area contributed by atoms with Crippen LogP contribution in [-0.4, -0.2) is 31.5 Å². The summed E-state index contributed by atoms with van der Waals surface area (Å²) in [5, 5.41) is 16.3. The molecule has 7 nitrogen and oxygen atoms in total. The molecule has 9 heteroatoms. The Bertz CT molecular complexity index is 558. The summed E-state index contributed by atoms with van der Waals surface area (Å²) in [6.45, 7) is 1.71. The second kappa shape index (κ2) is 5.28. The van der Waals surface area contributed by atoms with Gasteiger partial charge in [-0.1, -0.05) is 28.4 Å². The highest BCUT2D eigenvalue weighted by Gasteiger charge is 2.18. The van der Waals surface area contributed by atoms with Gasteiger partial charge in [-0.2, -0.15) is 5.21 Å². The number of rotatable bonds is 3. The molecule has 0 spiro atoms. The molecule has 0 bridgehead atoms. The summed E-state index contributed by atoms with van der Waals surface area (Å²) in [7, 11) is 0.